The second kappa shape index (κ2) is 12.3. The van der Waals surface area contributed by atoms with E-state index in [1.807, 2.05) is 0 Å². The predicted octanol–water partition coefficient (Wildman–Crippen LogP) is 14.3. The third-order valence-electron chi connectivity index (χ3n) is 11.5. The van der Waals surface area contributed by atoms with Gasteiger partial charge >= 0.3 is 311 Å². The van der Waals surface area contributed by atoms with Crippen LogP contribution in [0.15, 0.2) is 131 Å². The van der Waals surface area contributed by atoms with Crippen LogP contribution in [0.1, 0.15) is 50.3 Å². The number of hydrogen-bond donors (Lipinski definition) is 0. The van der Waals surface area contributed by atoms with Gasteiger partial charge in [-0.3, -0.25) is 0 Å². The molecule has 0 N–H and O–H groups in total. The fraction of sp³-hybridized carbons (Fsp3) is 0.182. The van der Waals surface area contributed by atoms with Crippen molar-refractivity contribution >= 4 is 72.6 Å². The van der Waals surface area contributed by atoms with Gasteiger partial charge in [0.25, 0.3) is 0 Å². The van der Waals surface area contributed by atoms with Crippen LogP contribution in [-0.2, 0) is 15.6 Å². The summed E-state index contributed by atoms with van der Waals surface area (Å²) >= 11 is -0.872. The third kappa shape index (κ3) is 5.05. The first-order valence-electron chi connectivity index (χ1n) is 17.4. The Labute approximate surface area is 307 Å². The van der Waals surface area contributed by atoms with E-state index < -0.39 is 21.5 Å². The first-order valence-corrected chi connectivity index (χ1v) is 34.5. The average Bonchev–Trinajstić information content (AvgIpc) is 3.68. The van der Waals surface area contributed by atoms with E-state index >= 15 is 0 Å². The minimum absolute atomic E-state index is 0.00931. The van der Waals surface area contributed by atoms with E-state index in [1.165, 1.54) is 77.2 Å². The van der Waals surface area contributed by atoms with Gasteiger partial charge in [0.1, 0.15) is 0 Å². The summed E-state index contributed by atoms with van der Waals surface area (Å²) in [5.74, 6) is -1.39. The maximum absolute atomic E-state index is 8.72. The van der Waals surface area contributed by atoms with E-state index in [0.717, 1.165) is 4.47 Å². The Morgan fingerprint density at radius 1 is 0.612 bits per heavy atom. The summed E-state index contributed by atoms with van der Waals surface area (Å²) in [4.78, 5) is 0. The number of rotatable bonds is 6. The van der Waals surface area contributed by atoms with Crippen molar-refractivity contribution in [3.8, 4) is 22.3 Å². The van der Waals surface area contributed by atoms with Gasteiger partial charge in [0, 0.05) is 0 Å². The fourth-order valence-electron chi connectivity index (χ4n) is 9.07. The first kappa shape index (κ1) is 33.6. The standard InChI is InChI=1S/C22H19.C20H14Br.C2H7Si.2ClH.Zr/c1-15(2)18-13-17-9-6-12-21(22(17)14-18)20-11-5-8-16-7-3-4-10-19(16)20;1-13-11-18-17(9-10-20(21)19(18)12-13)16-8-4-6-14-5-2-3-7-15(14)16;1-3-2;;;/h3-15H,1-2H3;2-12H,1H3;3H,1-2H3;2*1H;/q;;;;;+2/p-2. The van der Waals surface area contributed by atoms with Crippen LogP contribution < -0.4 is 0 Å². The molecular formula is C44H40BrCl2SiZr. The molecule has 6 aromatic rings. The Morgan fingerprint density at radius 3 is 1.73 bits per heavy atom. The van der Waals surface area contributed by atoms with E-state index in [4.69, 9.17) is 17.0 Å². The molecule has 0 fully saturated rings. The molecule has 2 aliphatic rings. The van der Waals surface area contributed by atoms with E-state index in [9.17, 15) is 0 Å². The molecule has 0 nitrogen and oxygen atoms in total. The van der Waals surface area contributed by atoms with Crippen LogP contribution in [-0.4, -0.2) is 5.92 Å². The van der Waals surface area contributed by atoms with Gasteiger partial charge in [-0.2, -0.15) is 0 Å². The van der Waals surface area contributed by atoms with Crippen molar-refractivity contribution in [1.29, 1.82) is 0 Å². The van der Waals surface area contributed by atoms with Gasteiger partial charge in [0.05, 0.1) is 0 Å². The molecule has 0 aromatic heterocycles. The Morgan fingerprint density at radius 2 is 1.14 bits per heavy atom. The second-order valence-electron chi connectivity index (χ2n) is 14.7. The summed E-state index contributed by atoms with van der Waals surface area (Å²) in [6.45, 7) is 11.8. The van der Waals surface area contributed by atoms with Crippen molar-refractivity contribution < 1.29 is 15.6 Å². The zero-order chi connectivity index (χ0) is 34.3. The van der Waals surface area contributed by atoms with Crippen LogP contribution in [0.3, 0.4) is 0 Å². The molecule has 2 unspecified atom stereocenters. The quantitative estimate of drug-likeness (QED) is 0.147. The van der Waals surface area contributed by atoms with Crippen LogP contribution in [0.5, 0.6) is 0 Å². The Hall–Kier alpha value is -2.52. The molecule has 0 amide bonds. The maximum atomic E-state index is 8.72. The van der Waals surface area contributed by atoms with Crippen molar-refractivity contribution in [3.05, 3.63) is 153 Å². The number of allylic oxidation sites excluding steroid dienone is 2. The molecule has 0 bridgehead atoms. The summed E-state index contributed by atoms with van der Waals surface area (Å²) in [6, 6.07) is 42.1. The van der Waals surface area contributed by atoms with E-state index in [-0.39, 0.29) is 7.25 Å². The molecule has 245 valence electrons. The fourth-order valence-corrected chi connectivity index (χ4v) is 42.2. The molecule has 0 saturated carbocycles. The van der Waals surface area contributed by atoms with Crippen LogP contribution in [0.4, 0.5) is 0 Å². The van der Waals surface area contributed by atoms with Crippen molar-refractivity contribution in [1.82, 2.24) is 0 Å². The van der Waals surface area contributed by atoms with E-state index in [0.29, 0.717) is 5.92 Å². The minimum atomic E-state index is -4.94. The van der Waals surface area contributed by atoms with Gasteiger partial charge < -0.3 is 0 Å². The Bertz CT molecular complexity index is 2380. The predicted molar refractivity (Wildman–Crippen MR) is 219 cm³/mol. The third-order valence-corrected chi connectivity index (χ3v) is 64.1. The van der Waals surface area contributed by atoms with Gasteiger partial charge in [0.15, 0.2) is 0 Å². The number of halogens is 3. The van der Waals surface area contributed by atoms with E-state index in [1.54, 1.807) is 0 Å². The van der Waals surface area contributed by atoms with Gasteiger partial charge in [-0.25, -0.2) is 0 Å². The molecule has 8 rings (SSSR count). The molecule has 0 heterocycles. The number of benzene rings is 6. The summed E-state index contributed by atoms with van der Waals surface area (Å²) in [6.07, 6.45) is 4.89. The van der Waals surface area contributed by atoms with Crippen LogP contribution in [0.2, 0.25) is 13.1 Å². The van der Waals surface area contributed by atoms with Crippen LogP contribution >= 0.6 is 33.0 Å². The molecule has 0 spiro atoms. The molecule has 0 saturated heterocycles. The summed E-state index contributed by atoms with van der Waals surface area (Å²) in [7, 11) is 17.4. The molecule has 0 radical (unpaired) electrons. The molecule has 49 heavy (non-hydrogen) atoms. The normalized spacial score (nSPS) is 18.0. The molecule has 6 aromatic carbocycles. The second-order valence-corrected chi connectivity index (χ2v) is 58.1. The molecular weight excluding hydrogens is 799 g/mol. The van der Waals surface area contributed by atoms with Crippen molar-refractivity contribution in [3.63, 3.8) is 0 Å². The van der Waals surface area contributed by atoms with Gasteiger partial charge in [-0.05, 0) is 0 Å². The molecule has 5 heteroatoms. The number of hydrogen-bond acceptors (Lipinski definition) is 0. The Balaban J connectivity index is 1.37. The monoisotopic (exact) mass is 835 g/mol. The Kier molecular flexibility index (Phi) is 8.45. The van der Waals surface area contributed by atoms with Crippen molar-refractivity contribution in [2.75, 3.05) is 0 Å². The van der Waals surface area contributed by atoms with Gasteiger partial charge in [0.2, 0.25) is 0 Å². The molecule has 0 aliphatic heterocycles. The van der Waals surface area contributed by atoms with Gasteiger partial charge in [-0.15, -0.1) is 0 Å². The summed E-state index contributed by atoms with van der Waals surface area (Å²) in [5, 5.41) is 5.04. The topological polar surface area (TPSA) is 0 Å². The summed E-state index contributed by atoms with van der Waals surface area (Å²) in [5.41, 5.74) is 12.9. The number of fused-ring (bicyclic) bond motifs is 4. The van der Waals surface area contributed by atoms with E-state index in [2.05, 4.69) is 177 Å². The van der Waals surface area contributed by atoms with Gasteiger partial charge in [-0.1, -0.05) is 0 Å². The summed E-state index contributed by atoms with van der Waals surface area (Å²) < 4.78 is 1.16. The first-order chi connectivity index (χ1) is 23.5. The molecule has 2 atom stereocenters. The SMILES string of the molecule is CC1=Cc2c(-c3cccc4ccccc34)ccc(Br)c2[CH]1[Zr]([Cl])([Cl])([CH]1C(C(C)C)=Cc2c(-c3cccc4ccccc34)cccc21)[SiH](C)C. The average molecular weight is 839 g/mol. The van der Waals surface area contributed by atoms with Crippen LogP contribution in [0.25, 0.3) is 56.0 Å². The van der Waals surface area contributed by atoms with Crippen molar-refractivity contribution in [2.24, 2.45) is 5.92 Å². The van der Waals surface area contributed by atoms with Crippen molar-refractivity contribution in [2.45, 2.75) is 41.1 Å². The zero-order valence-electron chi connectivity index (χ0n) is 28.6. The van der Waals surface area contributed by atoms with Crippen LogP contribution in [0, 0.1) is 5.92 Å². The molecule has 2 aliphatic carbocycles. The zero-order valence-corrected chi connectivity index (χ0v) is 35.3.